The van der Waals surface area contributed by atoms with E-state index in [1.165, 1.54) is 0 Å². The van der Waals surface area contributed by atoms with Crippen molar-refractivity contribution in [1.82, 2.24) is 0 Å². The highest BCUT2D eigenvalue weighted by atomic mass is 16.6. The molecular formula is C20H32O10. The summed E-state index contributed by atoms with van der Waals surface area (Å²) in [5.41, 5.74) is 0. The van der Waals surface area contributed by atoms with E-state index in [0.29, 0.717) is 0 Å². The Morgan fingerprint density at radius 1 is 0.500 bits per heavy atom. The molecule has 0 heterocycles. The lowest BCUT2D eigenvalue weighted by atomic mass is 10.1. The smallest absolute Gasteiger partial charge is 0.306 e. The fourth-order valence-electron chi connectivity index (χ4n) is 2.08. The molecule has 0 spiro atoms. The van der Waals surface area contributed by atoms with E-state index in [9.17, 15) is 24.0 Å². The Balaban J connectivity index is 5.89. The summed E-state index contributed by atoms with van der Waals surface area (Å²) in [5.74, 6) is -3.08. The van der Waals surface area contributed by atoms with Gasteiger partial charge in [0.05, 0.1) is 0 Å². The van der Waals surface area contributed by atoms with Gasteiger partial charge in [-0.15, -0.1) is 0 Å². The third-order valence-electron chi connectivity index (χ3n) is 3.83. The van der Waals surface area contributed by atoms with Crippen LogP contribution in [0.2, 0.25) is 0 Å². The van der Waals surface area contributed by atoms with Gasteiger partial charge in [-0.3, -0.25) is 24.0 Å². The van der Waals surface area contributed by atoms with E-state index in [1.54, 1.807) is 34.6 Å². The van der Waals surface area contributed by atoms with Crippen molar-refractivity contribution in [3.05, 3.63) is 0 Å². The van der Waals surface area contributed by atoms with Crippen molar-refractivity contribution in [2.24, 2.45) is 0 Å². The lowest BCUT2D eigenvalue weighted by molar-refractivity contribution is -0.197. The number of ether oxygens (including phenoxy) is 5. The summed E-state index contributed by atoms with van der Waals surface area (Å²) < 4.78 is 26.1. The van der Waals surface area contributed by atoms with E-state index in [2.05, 4.69) is 0 Å². The van der Waals surface area contributed by atoms with E-state index in [1.807, 2.05) is 0 Å². The van der Waals surface area contributed by atoms with Gasteiger partial charge in [0.1, 0.15) is 13.2 Å². The maximum atomic E-state index is 12.0. The lowest BCUT2D eigenvalue weighted by Gasteiger charge is -2.32. The number of carbonyl (C=O) groups is 5. The van der Waals surface area contributed by atoms with Gasteiger partial charge in [-0.2, -0.15) is 0 Å². The van der Waals surface area contributed by atoms with E-state index < -0.39 is 61.4 Å². The Hall–Kier alpha value is -2.65. The minimum atomic E-state index is -1.35. The van der Waals surface area contributed by atoms with Gasteiger partial charge in [0.25, 0.3) is 0 Å². The van der Waals surface area contributed by atoms with Crippen LogP contribution < -0.4 is 0 Å². The molecule has 0 amide bonds. The van der Waals surface area contributed by atoms with Crippen molar-refractivity contribution in [2.45, 2.75) is 85.0 Å². The molecule has 0 aromatic rings. The molecule has 0 fully saturated rings. The summed E-state index contributed by atoms with van der Waals surface area (Å²) in [6.45, 7) is 6.97. The zero-order valence-corrected chi connectivity index (χ0v) is 18.3. The summed E-state index contributed by atoms with van der Waals surface area (Å²) in [6, 6.07) is 0. The molecule has 172 valence electrons. The van der Waals surface area contributed by atoms with E-state index >= 15 is 0 Å². The van der Waals surface area contributed by atoms with Gasteiger partial charge >= 0.3 is 29.8 Å². The van der Waals surface area contributed by atoms with Crippen LogP contribution in [0.4, 0.5) is 0 Å². The second kappa shape index (κ2) is 15.2. The Kier molecular flexibility index (Phi) is 13.9. The minimum absolute atomic E-state index is 0.0108. The maximum absolute atomic E-state index is 12.0. The standard InChI is InChI=1S/C20H32O10/c1-6-15(21)26-11-13(28-17(23)8-3)20(30-19(25)10-5)14(29-18(24)9-4)12-27-16(22)7-2/h13-14,20H,6-12H2,1-5H3/t13-,14+,20?. The molecule has 30 heavy (non-hydrogen) atoms. The normalized spacial score (nSPS) is 13.4. The molecule has 0 radical (unpaired) electrons. The molecule has 0 aliphatic carbocycles. The van der Waals surface area contributed by atoms with Gasteiger partial charge in [0.2, 0.25) is 0 Å². The highest BCUT2D eigenvalue weighted by Crippen LogP contribution is 2.17. The molecule has 0 N–H and O–H groups in total. The van der Waals surface area contributed by atoms with E-state index in [4.69, 9.17) is 23.7 Å². The van der Waals surface area contributed by atoms with Gasteiger partial charge in [-0.1, -0.05) is 34.6 Å². The average Bonchev–Trinajstić information content (AvgIpc) is 2.76. The van der Waals surface area contributed by atoms with Crippen LogP contribution in [0.15, 0.2) is 0 Å². The minimum Gasteiger partial charge on any atom is -0.462 e. The Morgan fingerprint density at radius 2 is 0.800 bits per heavy atom. The first-order valence-corrected chi connectivity index (χ1v) is 10.1. The summed E-state index contributed by atoms with van der Waals surface area (Å²) in [5, 5.41) is 0. The lowest BCUT2D eigenvalue weighted by Crippen LogP contribution is -2.49. The van der Waals surface area contributed by atoms with E-state index in [-0.39, 0.29) is 32.1 Å². The third kappa shape index (κ3) is 10.8. The second-order valence-electron chi connectivity index (χ2n) is 6.14. The molecule has 0 rings (SSSR count). The number of carbonyl (C=O) groups excluding carboxylic acids is 5. The maximum Gasteiger partial charge on any atom is 0.306 e. The van der Waals surface area contributed by atoms with Gasteiger partial charge < -0.3 is 23.7 Å². The first-order chi connectivity index (χ1) is 14.2. The molecule has 0 aliphatic heterocycles. The Labute approximate surface area is 176 Å². The molecule has 0 aromatic heterocycles. The van der Waals surface area contributed by atoms with Crippen LogP contribution in [0.1, 0.15) is 66.7 Å². The third-order valence-corrected chi connectivity index (χ3v) is 3.83. The SMILES string of the molecule is CCC(=O)OC[C@H](OC(=O)CC)C(OC(=O)CC)[C@@H](COC(=O)CC)OC(=O)CC. The number of hydrogen-bond acceptors (Lipinski definition) is 10. The number of hydrogen-bond donors (Lipinski definition) is 0. The molecule has 10 nitrogen and oxygen atoms in total. The van der Waals surface area contributed by atoms with Crippen molar-refractivity contribution < 1.29 is 47.7 Å². The van der Waals surface area contributed by atoms with Crippen molar-refractivity contribution >= 4 is 29.8 Å². The monoisotopic (exact) mass is 432 g/mol. The molecule has 0 bridgehead atoms. The fraction of sp³-hybridized carbons (Fsp3) is 0.750. The van der Waals surface area contributed by atoms with Gasteiger partial charge in [0.15, 0.2) is 18.3 Å². The molecule has 1 unspecified atom stereocenters. The highest BCUT2D eigenvalue weighted by Gasteiger charge is 2.39. The highest BCUT2D eigenvalue weighted by molar-refractivity contribution is 5.72. The van der Waals surface area contributed by atoms with Crippen LogP contribution in [0, 0.1) is 0 Å². The topological polar surface area (TPSA) is 132 Å². The second-order valence-corrected chi connectivity index (χ2v) is 6.14. The van der Waals surface area contributed by atoms with Crippen molar-refractivity contribution in [3.8, 4) is 0 Å². The first kappa shape index (κ1) is 27.4. The van der Waals surface area contributed by atoms with Crippen molar-refractivity contribution in [2.75, 3.05) is 13.2 Å². The molecule has 0 aliphatic rings. The van der Waals surface area contributed by atoms with Crippen LogP contribution in [-0.2, 0) is 47.7 Å². The fourth-order valence-corrected chi connectivity index (χ4v) is 2.08. The van der Waals surface area contributed by atoms with Crippen molar-refractivity contribution in [1.29, 1.82) is 0 Å². The van der Waals surface area contributed by atoms with Gasteiger partial charge in [-0.05, 0) is 0 Å². The number of esters is 5. The summed E-state index contributed by atoms with van der Waals surface area (Å²) in [6.07, 6.45) is -3.71. The quantitative estimate of drug-likeness (QED) is 0.296. The van der Waals surface area contributed by atoms with Gasteiger partial charge in [0, 0.05) is 32.1 Å². The zero-order chi connectivity index (χ0) is 23.1. The summed E-state index contributed by atoms with van der Waals surface area (Å²) in [4.78, 5) is 59.0. The predicted octanol–water partition coefficient (Wildman–Crippen LogP) is 1.86. The van der Waals surface area contributed by atoms with E-state index in [0.717, 1.165) is 0 Å². The van der Waals surface area contributed by atoms with Gasteiger partial charge in [-0.25, -0.2) is 0 Å². The first-order valence-electron chi connectivity index (χ1n) is 10.1. The van der Waals surface area contributed by atoms with Crippen LogP contribution >= 0.6 is 0 Å². The largest absolute Gasteiger partial charge is 0.462 e. The molecule has 0 aromatic carbocycles. The molecule has 10 heteroatoms. The zero-order valence-electron chi connectivity index (χ0n) is 18.3. The van der Waals surface area contributed by atoms with Crippen LogP contribution in [0.3, 0.4) is 0 Å². The van der Waals surface area contributed by atoms with Crippen LogP contribution in [-0.4, -0.2) is 61.4 Å². The number of rotatable bonds is 14. The average molecular weight is 432 g/mol. The van der Waals surface area contributed by atoms with Crippen molar-refractivity contribution in [3.63, 3.8) is 0 Å². The molecule has 3 atom stereocenters. The predicted molar refractivity (Wildman–Crippen MR) is 103 cm³/mol. The van der Waals surface area contributed by atoms with Crippen LogP contribution in [0.25, 0.3) is 0 Å². The molecule has 0 saturated carbocycles. The Morgan fingerprint density at radius 3 is 1.10 bits per heavy atom. The Bertz CT molecular complexity index is 544. The molecular weight excluding hydrogens is 400 g/mol. The van der Waals surface area contributed by atoms with Crippen LogP contribution in [0.5, 0.6) is 0 Å². The summed E-state index contributed by atoms with van der Waals surface area (Å²) in [7, 11) is 0. The summed E-state index contributed by atoms with van der Waals surface area (Å²) >= 11 is 0. The molecule has 0 saturated heterocycles.